The molecule has 0 spiro atoms. The molecule has 2 heterocycles. The van der Waals surface area contributed by atoms with Crippen LogP contribution < -0.4 is 5.43 Å². The average Bonchev–Trinajstić information content (AvgIpc) is 2.68. The van der Waals surface area contributed by atoms with Crippen molar-refractivity contribution in [1.29, 1.82) is 0 Å². The summed E-state index contributed by atoms with van der Waals surface area (Å²) in [6.45, 7) is 1.71. The SMILES string of the molecule is CCOC(=O)/C(=C/c1cccnc1)n1cc(C(=O)O)c(=O)c2cc(F)ccc21. The fourth-order valence-corrected chi connectivity index (χ4v) is 2.71. The number of hydrogen-bond acceptors (Lipinski definition) is 5. The third-order valence-electron chi connectivity index (χ3n) is 3.93. The van der Waals surface area contributed by atoms with Crippen molar-refractivity contribution in [3.63, 3.8) is 0 Å². The molecule has 1 aromatic carbocycles. The number of carbonyl (C=O) groups is 2. The highest BCUT2D eigenvalue weighted by molar-refractivity contribution is 6.17. The summed E-state index contributed by atoms with van der Waals surface area (Å²) in [4.78, 5) is 40.5. The molecule has 0 unspecified atom stereocenters. The minimum Gasteiger partial charge on any atom is -0.477 e. The van der Waals surface area contributed by atoms with E-state index in [1.54, 1.807) is 25.3 Å². The van der Waals surface area contributed by atoms with Gasteiger partial charge in [-0.25, -0.2) is 14.0 Å². The second-order valence-corrected chi connectivity index (χ2v) is 5.74. The number of carboxylic acids is 1. The first-order valence-electron chi connectivity index (χ1n) is 8.29. The minimum absolute atomic E-state index is 0.0473. The van der Waals surface area contributed by atoms with Crippen molar-refractivity contribution in [3.8, 4) is 0 Å². The van der Waals surface area contributed by atoms with Crippen molar-refractivity contribution in [2.24, 2.45) is 0 Å². The molecule has 0 aliphatic carbocycles. The number of halogens is 1. The molecule has 2 aromatic heterocycles. The number of esters is 1. The van der Waals surface area contributed by atoms with Gasteiger partial charge in [-0.1, -0.05) is 6.07 Å². The maximum Gasteiger partial charge on any atom is 0.355 e. The molecule has 142 valence electrons. The highest BCUT2D eigenvalue weighted by Crippen LogP contribution is 2.21. The summed E-state index contributed by atoms with van der Waals surface area (Å²) in [6.07, 6.45) is 5.54. The first-order valence-corrected chi connectivity index (χ1v) is 8.29. The molecule has 0 saturated carbocycles. The van der Waals surface area contributed by atoms with E-state index in [1.165, 1.54) is 22.9 Å². The summed E-state index contributed by atoms with van der Waals surface area (Å²) in [5.74, 6) is -2.93. The van der Waals surface area contributed by atoms with Crippen LogP contribution in [-0.2, 0) is 9.53 Å². The van der Waals surface area contributed by atoms with Gasteiger partial charge < -0.3 is 14.4 Å². The molecule has 0 aliphatic rings. The monoisotopic (exact) mass is 382 g/mol. The van der Waals surface area contributed by atoms with Crippen molar-refractivity contribution < 1.29 is 23.8 Å². The number of aromatic carboxylic acids is 1. The summed E-state index contributed by atoms with van der Waals surface area (Å²) < 4.78 is 20.0. The second kappa shape index (κ2) is 7.83. The lowest BCUT2D eigenvalue weighted by molar-refractivity contribution is -0.136. The van der Waals surface area contributed by atoms with Crippen molar-refractivity contribution >= 4 is 34.6 Å². The van der Waals surface area contributed by atoms with Crippen molar-refractivity contribution in [1.82, 2.24) is 9.55 Å². The van der Waals surface area contributed by atoms with E-state index in [1.807, 2.05) is 0 Å². The van der Waals surface area contributed by atoms with E-state index in [9.17, 15) is 23.9 Å². The molecular formula is C20H15FN2O5. The lowest BCUT2D eigenvalue weighted by Crippen LogP contribution is -2.21. The summed E-state index contributed by atoms with van der Waals surface area (Å²) in [6, 6.07) is 6.71. The van der Waals surface area contributed by atoms with Gasteiger partial charge in [-0.15, -0.1) is 0 Å². The predicted molar refractivity (Wildman–Crippen MR) is 100 cm³/mol. The van der Waals surface area contributed by atoms with Crippen LogP contribution in [0.3, 0.4) is 0 Å². The Bertz CT molecular complexity index is 1150. The first kappa shape index (κ1) is 19.0. The Labute approximate surface area is 158 Å². The van der Waals surface area contributed by atoms with E-state index in [-0.39, 0.29) is 23.2 Å². The molecular weight excluding hydrogens is 367 g/mol. The average molecular weight is 382 g/mol. The molecule has 0 amide bonds. The highest BCUT2D eigenvalue weighted by Gasteiger charge is 2.20. The maximum absolute atomic E-state index is 13.7. The van der Waals surface area contributed by atoms with Gasteiger partial charge in [0.2, 0.25) is 5.43 Å². The lowest BCUT2D eigenvalue weighted by atomic mass is 10.1. The summed E-state index contributed by atoms with van der Waals surface area (Å²) >= 11 is 0. The van der Waals surface area contributed by atoms with E-state index in [4.69, 9.17) is 4.74 Å². The predicted octanol–water partition coefficient (Wildman–Crippen LogP) is 2.80. The Kier molecular flexibility index (Phi) is 5.30. The normalized spacial score (nSPS) is 11.4. The van der Waals surface area contributed by atoms with Gasteiger partial charge in [0.15, 0.2) is 0 Å². The summed E-state index contributed by atoms with van der Waals surface area (Å²) in [7, 11) is 0. The van der Waals surface area contributed by atoms with Crippen molar-refractivity contribution in [2.75, 3.05) is 6.61 Å². The standard InChI is InChI=1S/C20H15FN2O5/c1-2-28-20(27)17(8-12-4-3-7-22-10-12)23-11-15(19(25)26)18(24)14-9-13(21)5-6-16(14)23/h3-11H,2H2,1H3,(H,25,26)/b17-8-. The zero-order valence-corrected chi connectivity index (χ0v) is 14.8. The Morgan fingerprint density at radius 2 is 2.11 bits per heavy atom. The lowest BCUT2D eigenvalue weighted by Gasteiger charge is -2.15. The zero-order valence-electron chi connectivity index (χ0n) is 14.8. The molecule has 3 aromatic rings. The highest BCUT2D eigenvalue weighted by atomic mass is 19.1. The van der Waals surface area contributed by atoms with Gasteiger partial charge in [-0.3, -0.25) is 9.78 Å². The van der Waals surface area contributed by atoms with Crippen LogP contribution in [0.2, 0.25) is 0 Å². The maximum atomic E-state index is 13.7. The van der Waals surface area contributed by atoms with Gasteiger partial charge in [0.25, 0.3) is 0 Å². The Morgan fingerprint density at radius 1 is 1.32 bits per heavy atom. The van der Waals surface area contributed by atoms with E-state index >= 15 is 0 Å². The third kappa shape index (κ3) is 3.66. The number of hydrogen-bond donors (Lipinski definition) is 1. The third-order valence-corrected chi connectivity index (χ3v) is 3.93. The molecule has 0 atom stereocenters. The van der Waals surface area contributed by atoms with Gasteiger partial charge >= 0.3 is 11.9 Å². The van der Waals surface area contributed by atoms with E-state index in [0.29, 0.717) is 5.56 Å². The van der Waals surface area contributed by atoms with E-state index < -0.39 is 28.7 Å². The van der Waals surface area contributed by atoms with E-state index in [0.717, 1.165) is 18.3 Å². The number of benzene rings is 1. The number of nitrogens with zero attached hydrogens (tertiary/aromatic N) is 2. The first-order chi connectivity index (χ1) is 13.4. The van der Waals surface area contributed by atoms with Gasteiger partial charge in [0.05, 0.1) is 12.1 Å². The van der Waals surface area contributed by atoms with Crippen LogP contribution in [0.4, 0.5) is 4.39 Å². The van der Waals surface area contributed by atoms with Gasteiger partial charge in [0.1, 0.15) is 17.1 Å². The Balaban J connectivity index is 2.38. The quantitative estimate of drug-likeness (QED) is 0.538. The van der Waals surface area contributed by atoms with Crippen LogP contribution in [0.5, 0.6) is 0 Å². The molecule has 7 nitrogen and oxygen atoms in total. The Hall–Kier alpha value is -3.81. The van der Waals surface area contributed by atoms with Crippen LogP contribution >= 0.6 is 0 Å². The molecule has 1 N–H and O–H groups in total. The fraction of sp³-hybridized carbons (Fsp3) is 0.100. The van der Waals surface area contributed by atoms with Gasteiger partial charge in [-0.05, 0) is 42.8 Å². The molecule has 28 heavy (non-hydrogen) atoms. The smallest absolute Gasteiger partial charge is 0.355 e. The molecule has 8 heteroatoms. The topological polar surface area (TPSA) is 98.5 Å². The number of aromatic nitrogens is 2. The number of fused-ring (bicyclic) bond motifs is 1. The van der Waals surface area contributed by atoms with Crippen LogP contribution in [0.25, 0.3) is 22.7 Å². The van der Waals surface area contributed by atoms with Crippen LogP contribution in [-0.4, -0.2) is 33.2 Å². The largest absolute Gasteiger partial charge is 0.477 e. The fourth-order valence-electron chi connectivity index (χ4n) is 2.71. The van der Waals surface area contributed by atoms with Crippen molar-refractivity contribution in [2.45, 2.75) is 6.92 Å². The molecule has 0 saturated heterocycles. The zero-order chi connectivity index (χ0) is 20.3. The Morgan fingerprint density at radius 3 is 2.75 bits per heavy atom. The van der Waals surface area contributed by atoms with Gasteiger partial charge in [0, 0.05) is 24.0 Å². The van der Waals surface area contributed by atoms with Crippen molar-refractivity contribution in [3.05, 3.63) is 76.1 Å². The molecule has 3 rings (SSSR count). The summed E-state index contributed by atoms with van der Waals surface area (Å²) in [5.41, 5.74) is -0.771. The number of carboxylic acid groups (broad SMARTS) is 1. The summed E-state index contributed by atoms with van der Waals surface area (Å²) in [5, 5.41) is 9.21. The number of pyridine rings is 2. The van der Waals surface area contributed by atoms with Gasteiger partial charge in [-0.2, -0.15) is 0 Å². The van der Waals surface area contributed by atoms with Crippen LogP contribution in [0, 0.1) is 5.82 Å². The molecule has 0 bridgehead atoms. The second-order valence-electron chi connectivity index (χ2n) is 5.74. The number of carbonyl (C=O) groups excluding carboxylic acids is 1. The number of rotatable bonds is 5. The number of ether oxygens (including phenoxy) is 1. The van der Waals surface area contributed by atoms with Crippen LogP contribution in [0.15, 0.2) is 53.7 Å². The molecule has 0 fully saturated rings. The minimum atomic E-state index is -1.49. The molecule has 0 radical (unpaired) electrons. The molecule has 0 aliphatic heterocycles. The van der Waals surface area contributed by atoms with Crippen LogP contribution in [0.1, 0.15) is 22.8 Å². The van der Waals surface area contributed by atoms with E-state index in [2.05, 4.69) is 4.98 Å².